The van der Waals surface area contributed by atoms with Crippen LogP contribution in [0.15, 0.2) is 0 Å². The Morgan fingerprint density at radius 2 is 2.31 bits per heavy atom. The van der Waals surface area contributed by atoms with Crippen LogP contribution in [0.5, 0.6) is 0 Å². The smallest absolute Gasteiger partial charge is 0.327 e. The molecule has 0 aromatic carbocycles. The molecule has 1 fully saturated rings. The summed E-state index contributed by atoms with van der Waals surface area (Å²) in [6.45, 7) is 3.04. The quantitative estimate of drug-likeness (QED) is 0.696. The molecular formula is C11H21NO4. The summed E-state index contributed by atoms with van der Waals surface area (Å²) in [7, 11) is 1.32. The molecule has 94 valence electrons. The van der Waals surface area contributed by atoms with Crippen molar-refractivity contribution in [3.63, 3.8) is 0 Å². The van der Waals surface area contributed by atoms with Crippen LogP contribution >= 0.6 is 0 Å². The summed E-state index contributed by atoms with van der Waals surface area (Å²) >= 11 is 0. The third-order valence-corrected chi connectivity index (χ3v) is 2.63. The Morgan fingerprint density at radius 1 is 1.56 bits per heavy atom. The van der Waals surface area contributed by atoms with Gasteiger partial charge in [-0.1, -0.05) is 0 Å². The van der Waals surface area contributed by atoms with E-state index in [1.807, 2.05) is 0 Å². The topological polar surface area (TPSA) is 70.8 Å². The first-order chi connectivity index (χ1) is 7.56. The summed E-state index contributed by atoms with van der Waals surface area (Å²) in [5.41, 5.74) is 4.67. The van der Waals surface area contributed by atoms with E-state index in [0.717, 1.165) is 19.4 Å². The normalized spacial score (nSPS) is 24.8. The van der Waals surface area contributed by atoms with Crippen molar-refractivity contribution in [3.8, 4) is 0 Å². The molecule has 1 aliphatic heterocycles. The molecule has 5 nitrogen and oxygen atoms in total. The summed E-state index contributed by atoms with van der Waals surface area (Å²) in [6, 6.07) is 0. The van der Waals surface area contributed by atoms with E-state index in [1.54, 1.807) is 6.92 Å². The lowest BCUT2D eigenvalue weighted by atomic mass is 10.1. The minimum absolute atomic E-state index is 0.141. The molecule has 0 bridgehead atoms. The lowest BCUT2D eigenvalue weighted by molar-refractivity contribution is -0.149. The van der Waals surface area contributed by atoms with Crippen LogP contribution in [0, 0.1) is 0 Å². The molecule has 1 saturated heterocycles. The predicted molar refractivity (Wildman–Crippen MR) is 59.0 cm³/mol. The first-order valence-electron chi connectivity index (χ1n) is 5.63. The fourth-order valence-corrected chi connectivity index (χ4v) is 1.63. The maximum absolute atomic E-state index is 11.3. The van der Waals surface area contributed by atoms with Crippen LogP contribution in [0.25, 0.3) is 0 Å². The Labute approximate surface area is 96.2 Å². The Bertz CT molecular complexity index is 224. The van der Waals surface area contributed by atoms with E-state index in [1.165, 1.54) is 13.5 Å². The van der Waals surface area contributed by atoms with Gasteiger partial charge in [0.15, 0.2) is 0 Å². The van der Waals surface area contributed by atoms with E-state index >= 15 is 0 Å². The van der Waals surface area contributed by atoms with Gasteiger partial charge in [0.1, 0.15) is 5.54 Å². The van der Waals surface area contributed by atoms with Gasteiger partial charge in [0.25, 0.3) is 0 Å². The summed E-state index contributed by atoms with van der Waals surface area (Å²) < 4.78 is 15.5. The van der Waals surface area contributed by atoms with Crippen molar-refractivity contribution in [2.45, 2.75) is 37.8 Å². The SMILES string of the molecule is COC(=O)C(C)(N)COCC1CCCCO1. The van der Waals surface area contributed by atoms with Crippen molar-refractivity contribution in [1.82, 2.24) is 0 Å². The van der Waals surface area contributed by atoms with Gasteiger partial charge in [0.2, 0.25) is 0 Å². The standard InChI is InChI=1S/C11H21NO4/c1-11(12,10(13)14-2)8-15-7-9-5-3-4-6-16-9/h9H,3-8,12H2,1-2H3. The van der Waals surface area contributed by atoms with Gasteiger partial charge in [-0.3, -0.25) is 0 Å². The third-order valence-electron chi connectivity index (χ3n) is 2.63. The van der Waals surface area contributed by atoms with Crippen LogP contribution < -0.4 is 5.73 Å². The van der Waals surface area contributed by atoms with Crippen molar-refractivity contribution in [2.24, 2.45) is 5.73 Å². The molecule has 0 spiro atoms. The second-order valence-electron chi connectivity index (χ2n) is 4.41. The molecule has 2 atom stereocenters. The van der Waals surface area contributed by atoms with E-state index in [-0.39, 0.29) is 12.7 Å². The van der Waals surface area contributed by atoms with Crippen LogP contribution in [0.1, 0.15) is 26.2 Å². The van der Waals surface area contributed by atoms with Crippen molar-refractivity contribution in [3.05, 3.63) is 0 Å². The molecule has 1 aliphatic rings. The first-order valence-corrected chi connectivity index (χ1v) is 5.63. The van der Waals surface area contributed by atoms with Crippen LogP contribution in [-0.2, 0) is 19.0 Å². The van der Waals surface area contributed by atoms with E-state index < -0.39 is 11.5 Å². The van der Waals surface area contributed by atoms with Gasteiger partial charge in [-0.15, -0.1) is 0 Å². The van der Waals surface area contributed by atoms with Gasteiger partial charge < -0.3 is 19.9 Å². The van der Waals surface area contributed by atoms with Gasteiger partial charge in [-0.2, -0.15) is 0 Å². The molecule has 2 unspecified atom stereocenters. The highest BCUT2D eigenvalue weighted by molar-refractivity contribution is 5.80. The molecule has 1 heterocycles. The molecule has 0 radical (unpaired) electrons. The maximum atomic E-state index is 11.3. The van der Waals surface area contributed by atoms with Crippen LogP contribution in [-0.4, -0.2) is 44.5 Å². The fourth-order valence-electron chi connectivity index (χ4n) is 1.63. The minimum Gasteiger partial charge on any atom is -0.468 e. The van der Waals surface area contributed by atoms with E-state index in [0.29, 0.717) is 6.61 Å². The number of carbonyl (C=O) groups is 1. The molecule has 0 saturated carbocycles. The molecule has 5 heteroatoms. The highest BCUT2D eigenvalue weighted by Crippen LogP contribution is 2.13. The fraction of sp³-hybridized carbons (Fsp3) is 0.909. The second kappa shape index (κ2) is 6.18. The van der Waals surface area contributed by atoms with Gasteiger partial charge >= 0.3 is 5.97 Å². The maximum Gasteiger partial charge on any atom is 0.327 e. The Hall–Kier alpha value is -0.650. The highest BCUT2D eigenvalue weighted by atomic mass is 16.5. The average molecular weight is 231 g/mol. The zero-order chi connectivity index (χ0) is 12.0. The average Bonchev–Trinajstić information content (AvgIpc) is 2.29. The number of ether oxygens (including phenoxy) is 3. The summed E-state index contributed by atoms with van der Waals surface area (Å²) in [5.74, 6) is -0.461. The summed E-state index contributed by atoms with van der Waals surface area (Å²) in [6.07, 6.45) is 3.44. The second-order valence-corrected chi connectivity index (χ2v) is 4.41. The van der Waals surface area contributed by atoms with E-state index in [2.05, 4.69) is 4.74 Å². The Kier molecular flexibility index (Phi) is 5.18. The van der Waals surface area contributed by atoms with Crippen molar-refractivity contribution in [1.29, 1.82) is 0 Å². The third kappa shape index (κ3) is 4.08. The van der Waals surface area contributed by atoms with Crippen molar-refractivity contribution < 1.29 is 19.0 Å². The number of methoxy groups -OCH3 is 1. The minimum atomic E-state index is -1.08. The van der Waals surface area contributed by atoms with Crippen molar-refractivity contribution >= 4 is 5.97 Å². The molecule has 0 aromatic heterocycles. The number of rotatable bonds is 5. The zero-order valence-electron chi connectivity index (χ0n) is 10.0. The van der Waals surface area contributed by atoms with E-state index in [4.69, 9.17) is 15.2 Å². The van der Waals surface area contributed by atoms with Crippen LogP contribution in [0.2, 0.25) is 0 Å². The number of carbonyl (C=O) groups excluding carboxylic acids is 1. The summed E-state index contributed by atoms with van der Waals surface area (Å²) in [5, 5.41) is 0. The Balaban J connectivity index is 2.20. The first kappa shape index (κ1) is 13.4. The van der Waals surface area contributed by atoms with Crippen LogP contribution in [0.3, 0.4) is 0 Å². The Morgan fingerprint density at radius 3 is 2.88 bits per heavy atom. The van der Waals surface area contributed by atoms with Gasteiger partial charge in [-0.05, 0) is 26.2 Å². The monoisotopic (exact) mass is 231 g/mol. The van der Waals surface area contributed by atoms with Gasteiger partial charge in [0.05, 0.1) is 26.4 Å². The molecule has 0 amide bonds. The molecule has 16 heavy (non-hydrogen) atoms. The predicted octanol–water partition coefficient (Wildman–Crippen LogP) is 0.463. The summed E-state index contributed by atoms with van der Waals surface area (Å²) in [4.78, 5) is 11.3. The zero-order valence-corrected chi connectivity index (χ0v) is 10.0. The number of hydrogen-bond donors (Lipinski definition) is 1. The number of hydrogen-bond acceptors (Lipinski definition) is 5. The highest BCUT2D eigenvalue weighted by Gasteiger charge is 2.30. The lowest BCUT2D eigenvalue weighted by Gasteiger charge is -2.25. The van der Waals surface area contributed by atoms with Crippen LogP contribution in [0.4, 0.5) is 0 Å². The largest absolute Gasteiger partial charge is 0.468 e. The van der Waals surface area contributed by atoms with Crippen molar-refractivity contribution in [2.75, 3.05) is 26.9 Å². The molecular weight excluding hydrogens is 210 g/mol. The lowest BCUT2D eigenvalue weighted by Crippen LogP contribution is -2.50. The van der Waals surface area contributed by atoms with Gasteiger partial charge in [-0.25, -0.2) is 4.79 Å². The number of nitrogens with two attached hydrogens (primary N) is 1. The molecule has 1 rings (SSSR count). The molecule has 2 N–H and O–H groups in total. The molecule has 0 aromatic rings. The van der Waals surface area contributed by atoms with Gasteiger partial charge in [0, 0.05) is 6.61 Å². The van der Waals surface area contributed by atoms with E-state index in [9.17, 15) is 4.79 Å². The molecule has 0 aliphatic carbocycles. The number of esters is 1.